The summed E-state index contributed by atoms with van der Waals surface area (Å²) in [6.45, 7) is 1.88. The molecule has 0 unspecified atom stereocenters. The van der Waals surface area contributed by atoms with E-state index in [1.807, 2.05) is 31.2 Å². The van der Waals surface area contributed by atoms with Crippen LogP contribution in [0, 0.1) is 5.82 Å². The molecule has 0 spiro atoms. The van der Waals surface area contributed by atoms with Gasteiger partial charge >= 0.3 is 0 Å². The minimum atomic E-state index is -0.349. The van der Waals surface area contributed by atoms with E-state index in [-0.39, 0.29) is 11.9 Å². The molecule has 2 aromatic rings. The van der Waals surface area contributed by atoms with Crippen molar-refractivity contribution in [3.05, 3.63) is 58.3 Å². The van der Waals surface area contributed by atoms with E-state index in [1.54, 1.807) is 6.07 Å². The zero-order chi connectivity index (χ0) is 13.1. The van der Waals surface area contributed by atoms with Crippen molar-refractivity contribution < 1.29 is 9.13 Å². The number of hydrogen-bond donors (Lipinski definition) is 1. The molecule has 2 N–H and O–H groups in total. The maximum absolute atomic E-state index is 13.3. The fourth-order valence-electron chi connectivity index (χ4n) is 1.66. The molecule has 2 nitrogen and oxygen atoms in total. The molecule has 0 amide bonds. The van der Waals surface area contributed by atoms with E-state index >= 15 is 0 Å². The maximum atomic E-state index is 13.3. The van der Waals surface area contributed by atoms with Crippen molar-refractivity contribution in [2.24, 2.45) is 5.73 Å². The first-order valence-electron chi connectivity index (χ1n) is 5.54. The van der Waals surface area contributed by atoms with Crippen LogP contribution in [-0.2, 0) is 0 Å². The van der Waals surface area contributed by atoms with Crippen molar-refractivity contribution in [1.29, 1.82) is 0 Å². The standard InChI is InChI=1S/C14H13BrFNO/c1-9(17)13-4-2-3-5-14(13)18-12-7-10(15)6-11(16)8-12/h2-9H,17H2,1H3/t9-/m0/s1. The molecule has 1 atom stereocenters. The summed E-state index contributed by atoms with van der Waals surface area (Å²) < 4.78 is 19.6. The van der Waals surface area contributed by atoms with Crippen molar-refractivity contribution in [3.63, 3.8) is 0 Å². The smallest absolute Gasteiger partial charge is 0.132 e. The van der Waals surface area contributed by atoms with Crippen molar-refractivity contribution in [2.45, 2.75) is 13.0 Å². The first-order valence-corrected chi connectivity index (χ1v) is 6.34. The van der Waals surface area contributed by atoms with Gasteiger partial charge in [0, 0.05) is 22.1 Å². The van der Waals surface area contributed by atoms with Gasteiger partial charge in [-0.05, 0) is 25.1 Å². The van der Waals surface area contributed by atoms with Crippen LogP contribution in [-0.4, -0.2) is 0 Å². The van der Waals surface area contributed by atoms with Crippen LogP contribution in [0.15, 0.2) is 46.9 Å². The number of benzene rings is 2. The predicted octanol–water partition coefficient (Wildman–Crippen LogP) is 4.40. The van der Waals surface area contributed by atoms with Gasteiger partial charge in [-0.2, -0.15) is 0 Å². The molecular formula is C14H13BrFNO. The number of rotatable bonds is 3. The number of hydrogen-bond acceptors (Lipinski definition) is 2. The van der Waals surface area contributed by atoms with Crippen molar-refractivity contribution in [3.8, 4) is 11.5 Å². The largest absolute Gasteiger partial charge is 0.457 e. The predicted molar refractivity (Wildman–Crippen MR) is 73.2 cm³/mol. The molecule has 0 heterocycles. The van der Waals surface area contributed by atoms with Gasteiger partial charge in [-0.15, -0.1) is 0 Å². The number of ether oxygens (including phenoxy) is 1. The van der Waals surface area contributed by atoms with Crippen LogP contribution in [0.5, 0.6) is 11.5 Å². The molecule has 0 radical (unpaired) electrons. The molecule has 0 aliphatic heterocycles. The lowest BCUT2D eigenvalue weighted by Gasteiger charge is -2.13. The van der Waals surface area contributed by atoms with E-state index in [1.165, 1.54) is 12.1 Å². The second kappa shape index (κ2) is 5.50. The van der Waals surface area contributed by atoms with Gasteiger partial charge in [0.2, 0.25) is 0 Å². The Hall–Kier alpha value is -1.39. The normalized spacial score (nSPS) is 12.2. The highest BCUT2D eigenvalue weighted by molar-refractivity contribution is 9.10. The van der Waals surface area contributed by atoms with Gasteiger partial charge in [-0.1, -0.05) is 34.1 Å². The Morgan fingerprint density at radius 2 is 1.94 bits per heavy atom. The third-order valence-corrected chi connectivity index (χ3v) is 2.93. The molecule has 0 bridgehead atoms. The summed E-state index contributed by atoms with van der Waals surface area (Å²) in [5.74, 6) is 0.734. The van der Waals surface area contributed by atoms with E-state index in [0.717, 1.165) is 5.56 Å². The molecule has 2 rings (SSSR count). The Kier molecular flexibility index (Phi) is 3.99. The molecule has 0 saturated carbocycles. The van der Waals surface area contributed by atoms with Gasteiger partial charge in [0.1, 0.15) is 17.3 Å². The van der Waals surface area contributed by atoms with E-state index in [0.29, 0.717) is 16.0 Å². The van der Waals surface area contributed by atoms with Crippen molar-refractivity contribution >= 4 is 15.9 Å². The lowest BCUT2D eigenvalue weighted by atomic mass is 10.1. The van der Waals surface area contributed by atoms with E-state index in [2.05, 4.69) is 15.9 Å². The maximum Gasteiger partial charge on any atom is 0.132 e. The molecule has 0 saturated heterocycles. The molecule has 18 heavy (non-hydrogen) atoms. The Balaban J connectivity index is 2.34. The van der Waals surface area contributed by atoms with Crippen molar-refractivity contribution in [1.82, 2.24) is 0 Å². The minimum absolute atomic E-state index is 0.141. The molecule has 0 aliphatic rings. The lowest BCUT2D eigenvalue weighted by molar-refractivity contribution is 0.466. The van der Waals surface area contributed by atoms with E-state index in [4.69, 9.17) is 10.5 Å². The average Bonchev–Trinajstić information content (AvgIpc) is 2.27. The second-order valence-electron chi connectivity index (χ2n) is 4.03. The number of halogens is 2. The highest BCUT2D eigenvalue weighted by Crippen LogP contribution is 2.30. The quantitative estimate of drug-likeness (QED) is 0.912. The van der Waals surface area contributed by atoms with Gasteiger partial charge in [0.05, 0.1) is 0 Å². The Morgan fingerprint density at radius 3 is 2.61 bits per heavy atom. The summed E-state index contributed by atoms with van der Waals surface area (Å²) in [6.07, 6.45) is 0. The highest BCUT2D eigenvalue weighted by Gasteiger charge is 2.09. The number of nitrogens with two attached hydrogens (primary N) is 1. The summed E-state index contributed by atoms with van der Waals surface area (Å²) in [7, 11) is 0. The summed E-state index contributed by atoms with van der Waals surface area (Å²) >= 11 is 3.23. The van der Waals surface area contributed by atoms with Gasteiger partial charge in [-0.3, -0.25) is 0 Å². The topological polar surface area (TPSA) is 35.2 Å². The van der Waals surface area contributed by atoms with Gasteiger partial charge < -0.3 is 10.5 Å². The fourth-order valence-corrected chi connectivity index (χ4v) is 2.11. The first kappa shape index (κ1) is 13.1. The molecular weight excluding hydrogens is 297 g/mol. The van der Waals surface area contributed by atoms with Gasteiger partial charge in [-0.25, -0.2) is 4.39 Å². The Morgan fingerprint density at radius 1 is 1.22 bits per heavy atom. The number of para-hydroxylation sites is 1. The van der Waals surface area contributed by atoms with Gasteiger partial charge in [0.25, 0.3) is 0 Å². The average molecular weight is 310 g/mol. The summed E-state index contributed by atoms with van der Waals surface area (Å²) in [5.41, 5.74) is 6.75. The Bertz CT molecular complexity index is 537. The molecule has 0 aliphatic carbocycles. The first-order chi connectivity index (χ1) is 8.56. The third kappa shape index (κ3) is 3.09. The minimum Gasteiger partial charge on any atom is -0.457 e. The van der Waals surface area contributed by atoms with Crippen LogP contribution in [0.3, 0.4) is 0 Å². The van der Waals surface area contributed by atoms with Crippen LogP contribution >= 0.6 is 15.9 Å². The van der Waals surface area contributed by atoms with Gasteiger partial charge in [0.15, 0.2) is 0 Å². The van der Waals surface area contributed by atoms with Crippen molar-refractivity contribution in [2.75, 3.05) is 0 Å². The van der Waals surface area contributed by atoms with Crippen LogP contribution in [0.25, 0.3) is 0 Å². The summed E-state index contributed by atoms with van der Waals surface area (Å²) in [6, 6.07) is 11.8. The van der Waals surface area contributed by atoms with E-state index < -0.39 is 0 Å². The third-order valence-electron chi connectivity index (χ3n) is 2.47. The van der Waals surface area contributed by atoms with Crippen LogP contribution in [0.4, 0.5) is 4.39 Å². The molecule has 0 fully saturated rings. The monoisotopic (exact) mass is 309 g/mol. The fraction of sp³-hybridized carbons (Fsp3) is 0.143. The van der Waals surface area contributed by atoms with Crippen LogP contribution < -0.4 is 10.5 Å². The summed E-state index contributed by atoms with van der Waals surface area (Å²) in [5, 5.41) is 0. The lowest BCUT2D eigenvalue weighted by Crippen LogP contribution is -2.06. The summed E-state index contributed by atoms with van der Waals surface area (Å²) in [4.78, 5) is 0. The van der Waals surface area contributed by atoms with E-state index in [9.17, 15) is 4.39 Å². The molecule has 0 aromatic heterocycles. The second-order valence-corrected chi connectivity index (χ2v) is 4.95. The zero-order valence-electron chi connectivity index (χ0n) is 9.86. The van der Waals surface area contributed by atoms with Crippen LogP contribution in [0.1, 0.15) is 18.5 Å². The molecule has 94 valence electrons. The van der Waals surface area contributed by atoms with Crippen LogP contribution in [0.2, 0.25) is 0 Å². The zero-order valence-corrected chi connectivity index (χ0v) is 11.4. The Labute approximate surface area is 114 Å². The molecule has 4 heteroatoms. The highest BCUT2D eigenvalue weighted by atomic mass is 79.9. The SMILES string of the molecule is C[C@H](N)c1ccccc1Oc1cc(F)cc(Br)c1. The molecule has 2 aromatic carbocycles.